The van der Waals surface area contributed by atoms with Gasteiger partial charge in [0.1, 0.15) is 5.71 Å². The second-order valence-corrected chi connectivity index (χ2v) is 10.1. The highest BCUT2D eigenvalue weighted by molar-refractivity contribution is 6.73. The van der Waals surface area contributed by atoms with Gasteiger partial charge in [-0.15, -0.1) is 0 Å². The van der Waals surface area contributed by atoms with Gasteiger partial charge in [-0.25, -0.2) is 0 Å². The number of rotatable bonds is 4. The van der Waals surface area contributed by atoms with Gasteiger partial charge >= 0.3 is 0 Å². The summed E-state index contributed by atoms with van der Waals surface area (Å²) in [5.74, 6) is 0.00120. The van der Waals surface area contributed by atoms with Crippen LogP contribution in [-0.4, -0.2) is 31.5 Å². The number of hydrogen-bond donors (Lipinski definition) is 0. The van der Waals surface area contributed by atoms with Crippen molar-refractivity contribution in [3.05, 3.63) is 35.9 Å². The Morgan fingerprint density at radius 3 is 2.12 bits per heavy atom. The summed E-state index contributed by atoms with van der Waals surface area (Å²) in [6.07, 6.45) is 0. The second kappa shape index (κ2) is 5.27. The summed E-state index contributed by atoms with van der Waals surface area (Å²) in [5.41, 5.74) is 1.42. The number of carbonyl (C=O) groups excluding carboxylic acids is 1. The quantitative estimate of drug-likeness (QED) is 0.466. The first-order chi connectivity index (χ1) is 7.82. The average molecular weight is 248 g/mol. The maximum absolute atomic E-state index is 11.7. The molecular weight excluding hydrogens is 228 g/mol. The van der Waals surface area contributed by atoms with Crippen LogP contribution in [0.1, 0.15) is 12.5 Å². The fraction of sp³-hybridized carbons (Fsp3) is 0.385. The Morgan fingerprint density at radius 1 is 1.18 bits per heavy atom. The van der Waals surface area contributed by atoms with Gasteiger partial charge in [-0.3, -0.25) is 4.79 Å². The smallest absolute Gasteiger partial charge is 0.180 e. The van der Waals surface area contributed by atoms with Crippen LogP contribution in [0.4, 0.5) is 0 Å². The molecule has 1 aromatic rings. The van der Waals surface area contributed by atoms with E-state index in [0.29, 0.717) is 5.71 Å². The van der Waals surface area contributed by atoms with Gasteiger partial charge in [0.25, 0.3) is 0 Å². The van der Waals surface area contributed by atoms with Crippen molar-refractivity contribution < 1.29 is 4.79 Å². The Morgan fingerprint density at radius 2 is 1.71 bits per heavy atom. The Balaban J connectivity index is 3.12. The van der Waals surface area contributed by atoms with E-state index in [9.17, 15) is 4.79 Å². The van der Waals surface area contributed by atoms with Crippen molar-refractivity contribution >= 4 is 19.7 Å². The van der Waals surface area contributed by atoms with Crippen LogP contribution in [0, 0.1) is 0 Å². The summed E-state index contributed by atoms with van der Waals surface area (Å²) >= 11 is 0. The molecule has 0 aliphatic heterocycles. The molecule has 0 saturated heterocycles. The van der Waals surface area contributed by atoms with E-state index >= 15 is 0 Å². The van der Waals surface area contributed by atoms with Crippen molar-refractivity contribution in [2.24, 2.45) is 5.10 Å². The Hall–Kier alpha value is -1.42. The third-order valence-corrected chi connectivity index (χ3v) is 4.64. The molecule has 0 spiro atoms. The predicted octanol–water partition coefficient (Wildman–Crippen LogP) is 2.75. The van der Waals surface area contributed by atoms with Crippen molar-refractivity contribution in [2.75, 3.05) is 7.05 Å². The van der Waals surface area contributed by atoms with Gasteiger partial charge in [-0.1, -0.05) is 50.0 Å². The highest BCUT2D eigenvalue weighted by Crippen LogP contribution is 2.10. The van der Waals surface area contributed by atoms with Crippen LogP contribution in [0.5, 0.6) is 0 Å². The minimum atomic E-state index is -1.51. The van der Waals surface area contributed by atoms with Gasteiger partial charge in [-0.05, 0) is 0 Å². The minimum absolute atomic E-state index is 0.00120. The average Bonchev–Trinajstić information content (AvgIpc) is 2.25. The zero-order chi connectivity index (χ0) is 13.1. The summed E-state index contributed by atoms with van der Waals surface area (Å²) < 4.78 is 1.96. The molecule has 1 aromatic carbocycles. The molecule has 0 amide bonds. The topological polar surface area (TPSA) is 32.7 Å². The largest absolute Gasteiger partial charge is 0.327 e. The highest BCUT2D eigenvalue weighted by atomic mass is 28.3. The van der Waals surface area contributed by atoms with Crippen molar-refractivity contribution in [1.82, 2.24) is 4.67 Å². The maximum atomic E-state index is 11.7. The summed E-state index contributed by atoms with van der Waals surface area (Å²) in [5, 5.41) is 4.48. The third kappa shape index (κ3) is 3.82. The molecule has 0 radical (unpaired) electrons. The van der Waals surface area contributed by atoms with Crippen LogP contribution >= 0.6 is 0 Å². The molecule has 0 bridgehead atoms. The number of hydrogen-bond acceptors (Lipinski definition) is 3. The summed E-state index contributed by atoms with van der Waals surface area (Å²) in [6, 6.07) is 9.60. The van der Waals surface area contributed by atoms with Crippen molar-refractivity contribution in [2.45, 2.75) is 26.6 Å². The lowest BCUT2D eigenvalue weighted by Crippen LogP contribution is -2.40. The van der Waals surface area contributed by atoms with Crippen LogP contribution in [0.15, 0.2) is 35.4 Å². The fourth-order valence-corrected chi connectivity index (χ4v) is 1.63. The molecule has 4 heteroatoms. The lowest BCUT2D eigenvalue weighted by atomic mass is 10.1. The van der Waals surface area contributed by atoms with Crippen LogP contribution in [0.25, 0.3) is 0 Å². The van der Waals surface area contributed by atoms with E-state index in [1.54, 1.807) is 6.92 Å². The number of benzene rings is 1. The number of ketones is 1. The summed E-state index contributed by atoms with van der Waals surface area (Å²) in [7, 11) is 0.434. The molecule has 0 fully saturated rings. The first-order valence-electron chi connectivity index (χ1n) is 5.71. The van der Waals surface area contributed by atoms with Crippen molar-refractivity contribution in [3.8, 4) is 0 Å². The Labute approximate surface area is 104 Å². The first-order valence-corrected chi connectivity index (χ1v) is 9.16. The lowest BCUT2D eigenvalue weighted by molar-refractivity contribution is -0.111. The van der Waals surface area contributed by atoms with Crippen LogP contribution in [0.3, 0.4) is 0 Å². The van der Waals surface area contributed by atoms with E-state index in [1.165, 1.54) is 0 Å². The second-order valence-electron chi connectivity index (χ2n) is 5.07. The molecule has 0 aliphatic carbocycles. The molecule has 0 aliphatic rings. The molecule has 0 aromatic heterocycles. The van der Waals surface area contributed by atoms with Crippen LogP contribution < -0.4 is 0 Å². The molecular formula is C13H20N2OSi. The van der Waals surface area contributed by atoms with E-state index in [1.807, 2.05) is 42.1 Å². The first kappa shape index (κ1) is 13.6. The standard InChI is InChI=1S/C13H20N2OSi/c1-11(16)13(12-9-7-6-8-10-12)14-15(2)17(3,4)5/h6-10H,1-5H3. The van der Waals surface area contributed by atoms with Crippen LogP contribution in [-0.2, 0) is 4.79 Å². The molecule has 0 heterocycles. The molecule has 0 saturated carbocycles. The van der Waals surface area contributed by atoms with Gasteiger partial charge in [0.2, 0.25) is 0 Å². The van der Waals surface area contributed by atoms with E-state index in [0.717, 1.165) is 5.56 Å². The Kier molecular flexibility index (Phi) is 4.23. The van der Waals surface area contributed by atoms with Crippen molar-refractivity contribution in [1.29, 1.82) is 0 Å². The van der Waals surface area contributed by atoms with Crippen molar-refractivity contribution in [3.63, 3.8) is 0 Å². The Bertz CT molecular complexity index is 421. The maximum Gasteiger partial charge on any atom is 0.180 e. The number of hydrazone groups is 1. The van der Waals surface area contributed by atoms with Gasteiger partial charge < -0.3 is 4.67 Å². The minimum Gasteiger partial charge on any atom is -0.327 e. The molecule has 0 unspecified atom stereocenters. The van der Waals surface area contributed by atoms with E-state index in [4.69, 9.17) is 0 Å². The van der Waals surface area contributed by atoms with Gasteiger partial charge in [0.15, 0.2) is 14.0 Å². The molecule has 17 heavy (non-hydrogen) atoms. The molecule has 3 nitrogen and oxygen atoms in total. The molecule has 0 N–H and O–H groups in total. The molecule has 0 atom stereocenters. The van der Waals surface area contributed by atoms with Crippen LogP contribution in [0.2, 0.25) is 19.6 Å². The van der Waals surface area contributed by atoms with E-state index < -0.39 is 8.24 Å². The van der Waals surface area contributed by atoms with Gasteiger partial charge in [0, 0.05) is 19.5 Å². The molecule has 1 rings (SSSR count). The lowest BCUT2D eigenvalue weighted by Gasteiger charge is -2.27. The number of Topliss-reactive ketones (excluding diaryl/α,β-unsaturated/α-hetero) is 1. The van der Waals surface area contributed by atoms with E-state index in [-0.39, 0.29) is 5.78 Å². The SMILES string of the molecule is CC(=O)C(=NN(C)[Si](C)(C)C)c1ccccc1. The van der Waals surface area contributed by atoms with E-state index in [2.05, 4.69) is 24.7 Å². The zero-order valence-electron chi connectivity index (χ0n) is 11.2. The molecule has 92 valence electrons. The highest BCUT2D eigenvalue weighted by Gasteiger charge is 2.20. The normalized spacial score (nSPS) is 12.4. The zero-order valence-corrected chi connectivity index (χ0v) is 12.2. The van der Waals surface area contributed by atoms with Gasteiger partial charge in [0.05, 0.1) is 0 Å². The monoisotopic (exact) mass is 248 g/mol. The predicted molar refractivity (Wildman–Crippen MR) is 74.8 cm³/mol. The summed E-state index contributed by atoms with van der Waals surface area (Å²) in [6.45, 7) is 8.14. The number of carbonyl (C=O) groups is 1. The van der Waals surface area contributed by atoms with Gasteiger partial charge in [-0.2, -0.15) is 5.10 Å². The number of nitrogens with zero attached hydrogens (tertiary/aromatic N) is 2. The summed E-state index contributed by atoms with van der Waals surface area (Å²) in [4.78, 5) is 11.7. The fourth-order valence-electron chi connectivity index (χ4n) is 1.23. The third-order valence-electron chi connectivity index (χ3n) is 2.60.